The predicted molar refractivity (Wildman–Crippen MR) is 150 cm³/mol. The van der Waals surface area contributed by atoms with E-state index in [1.54, 1.807) is 6.20 Å². The van der Waals surface area contributed by atoms with Crippen LogP contribution in [-0.2, 0) is 6.18 Å². The van der Waals surface area contributed by atoms with E-state index in [2.05, 4.69) is 37.1 Å². The largest absolute Gasteiger partial charge is 0.496 e. The van der Waals surface area contributed by atoms with Gasteiger partial charge in [0.25, 0.3) is 5.91 Å². The van der Waals surface area contributed by atoms with E-state index in [-0.39, 0.29) is 33.5 Å². The number of alkyl halides is 3. The third kappa shape index (κ3) is 6.63. The van der Waals surface area contributed by atoms with Gasteiger partial charge in [-0.15, -0.1) is 0 Å². The summed E-state index contributed by atoms with van der Waals surface area (Å²) in [6.07, 6.45) is 1.59. The summed E-state index contributed by atoms with van der Waals surface area (Å²) in [5, 5.41) is 5.60. The fraction of sp³-hybridized carbons (Fsp3) is 0.259. The molecular weight excluding hydrogens is 547 g/mol. The molecule has 4 rings (SSSR count). The summed E-state index contributed by atoms with van der Waals surface area (Å²) in [7, 11) is 1.14. The zero-order valence-corrected chi connectivity index (χ0v) is 22.3. The minimum absolute atomic E-state index is 0.00874. The maximum Gasteiger partial charge on any atom is 0.420 e. The number of amides is 1. The highest BCUT2D eigenvalue weighted by atomic mass is 35.5. The van der Waals surface area contributed by atoms with Crippen LogP contribution >= 0.6 is 11.6 Å². The van der Waals surface area contributed by atoms with E-state index in [4.69, 9.17) is 22.1 Å². The third-order valence-corrected chi connectivity index (χ3v) is 6.45. The maximum absolute atomic E-state index is 13.4. The van der Waals surface area contributed by atoms with Crippen molar-refractivity contribution in [3.05, 3.63) is 77.2 Å². The van der Waals surface area contributed by atoms with Crippen LogP contribution in [0.25, 0.3) is 0 Å². The SMILES string of the molecule is C=CNc1cnc(N2CCCCC2)nc1C(N)=Nc1cc(C(=O)Nc2ccc(OC)c(C(F)(F)F)c2)ccc1Cl. The van der Waals surface area contributed by atoms with Crippen LogP contribution < -0.4 is 26.0 Å². The Morgan fingerprint density at radius 2 is 1.95 bits per heavy atom. The number of aliphatic imine (C=N–C) groups is 1. The number of benzene rings is 2. The number of hydrogen-bond donors (Lipinski definition) is 3. The quantitative estimate of drug-likeness (QED) is 0.224. The molecule has 40 heavy (non-hydrogen) atoms. The van der Waals surface area contributed by atoms with Gasteiger partial charge in [0.1, 0.15) is 11.4 Å². The molecule has 4 N–H and O–H groups in total. The van der Waals surface area contributed by atoms with E-state index in [0.717, 1.165) is 51.6 Å². The number of nitrogens with one attached hydrogen (secondary N) is 2. The Bertz CT molecular complexity index is 1440. The lowest BCUT2D eigenvalue weighted by Gasteiger charge is -2.27. The molecule has 2 heterocycles. The summed E-state index contributed by atoms with van der Waals surface area (Å²) in [5.74, 6) is -0.509. The lowest BCUT2D eigenvalue weighted by molar-refractivity contribution is -0.138. The Morgan fingerprint density at radius 1 is 1.20 bits per heavy atom. The van der Waals surface area contributed by atoms with Crippen molar-refractivity contribution < 1.29 is 22.7 Å². The van der Waals surface area contributed by atoms with E-state index < -0.39 is 17.6 Å². The van der Waals surface area contributed by atoms with E-state index in [1.165, 1.54) is 30.5 Å². The van der Waals surface area contributed by atoms with Crippen LogP contribution in [0.3, 0.4) is 0 Å². The molecule has 210 valence electrons. The van der Waals surface area contributed by atoms with Gasteiger partial charge in [-0.25, -0.2) is 15.0 Å². The van der Waals surface area contributed by atoms with Gasteiger partial charge in [0.05, 0.1) is 35.3 Å². The smallest absolute Gasteiger partial charge is 0.420 e. The lowest BCUT2D eigenvalue weighted by atomic mass is 10.1. The monoisotopic (exact) mass is 573 g/mol. The molecule has 0 aliphatic carbocycles. The number of aromatic nitrogens is 2. The number of hydrogen-bond acceptors (Lipinski definition) is 7. The number of nitrogens with zero attached hydrogens (tertiary/aromatic N) is 4. The average molecular weight is 574 g/mol. The fourth-order valence-electron chi connectivity index (χ4n) is 4.16. The molecule has 0 saturated carbocycles. The van der Waals surface area contributed by atoms with Gasteiger partial charge in [-0.3, -0.25) is 4.79 Å². The van der Waals surface area contributed by atoms with E-state index in [1.807, 2.05) is 0 Å². The zero-order chi connectivity index (χ0) is 28.9. The first-order valence-corrected chi connectivity index (χ1v) is 12.7. The molecule has 9 nitrogen and oxygen atoms in total. The van der Waals surface area contributed by atoms with Crippen LogP contribution in [0.2, 0.25) is 5.02 Å². The number of ether oxygens (including phenoxy) is 1. The van der Waals surface area contributed by atoms with Crippen molar-refractivity contribution in [3.63, 3.8) is 0 Å². The highest BCUT2D eigenvalue weighted by Crippen LogP contribution is 2.38. The molecule has 1 fully saturated rings. The number of piperidine rings is 1. The number of amidine groups is 1. The van der Waals surface area contributed by atoms with Gasteiger partial charge in [-0.05, 0) is 61.9 Å². The Hall–Kier alpha value is -4.32. The fourth-order valence-corrected chi connectivity index (χ4v) is 4.32. The molecular formula is C27H27ClF3N7O2. The molecule has 1 aliphatic rings. The van der Waals surface area contributed by atoms with Gasteiger partial charge in [0, 0.05) is 24.3 Å². The normalized spacial score (nSPS) is 14.0. The van der Waals surface area contributed by atoms with Crippen LogP contribution in [0.1, 0.15) is 40.9 Å². The molecule has 3 aromatic rings. The molecule has 0 bridgehead atoms. The van der Waals surface area contributed by atoms with Crippen LogP contribution in [0.15, 0.2) is 60.4 Å². The van der Waals surface area contributed by atoms with Crippen LogP contribution in [0, 0.1) is 0 Å². The van der Waals surface area contributed by atoms with Gasteiger partial charge in [-0.2, -0.15) is 13.2 Å². The molecule has 1 aromatic heterocycles. The second-order valence-corrected chi connectivity index (χ2v) is 9.27. The Morgan fingerprint density at radius 3 is 2.62 bits per heavy atom. The van der Waals surface area contributed by atoms with Crippen LogP contribution in [0.5, 0.6) is 5.75 Å². The molecule has 2 aromatic carbocycles. The number of anilines is 3. The van der Waals surface area contributed by atoms with Crippen molar-refractivity contribution in [1.82, 2.24) is 9.97 Å². The number of carbonyl (C=O) groups excluding carboxylic acids is 1. The Labute approximate surface area is 233 Å². The van der Waals surface area contributed by atoms with Gasteiger partial charge in [-0.1, -0.05) is 18.2 Å². The highest BCUT2D eigenvalue weighted by Gasteiger charge is 2.34. The minimum Gasteiger partial charge on any atom is -0.496 e. The van der Waals surface area contributed by atoms with Crippen molar-refractivity contribution in [2.45, 2.75) is 25.4 Å². The van der Waals surface area contributed by atoms with Crippen LogP contribution in [0.4, 0.5) is 36.2 Å². The standard InChI is InChI=1S/C27H27ClF3N7O2/c1-3-33-21-15-34-26(38-11-5-4-6-12-38)37-23(21)24(32)36-20-13-16(7-9-19(20)28)25(39)35-17-8-10-22(40-2)18(14-17)27(29,30)31/h3,7-10,13-15,33H,1,4-6,11-12H2,2H3,(H2,32,36)(H,35,39). The number of halogens is 4. The number of nitrogens with two attached hydrogens (primary N) is 1. The maximum atomic E-state index is 13.4. The van der Waals surface area contributed by atoms with Crippen molar-refractivity contribution >= 4 is 46.4 Å². The van der Waals surface area contributed by atoms with Gasteiger partial charge in [0.15, 0.2) is 5.84 Å². The zero-order valence-electron chi connectivity index (χ0n) is 21.6. The first-order valence-electron chi connectivity index (χ1n) is 12.3. The molecule has 13 heteroatoms. The van der Waals surface area contributed by atoms with Gasteiger partial charge >= 0.3 is 6.18 Å². The first-order chi connectivity index (χ1) is 19.1. The summed E-state index contributed by atoms with van der Waals surface area (Å²) in [6, 6.07) is 7.48. The highest BCUT2D eigenvalue weighted by molar-refractivity contribution is 6.33. The summed E-state index contributed by atoms with van der Waals surface area (Å²) in [4.78, 5) is 28.4. The molecule has 1 aliphatic heterocycles. The molecule has 0 atom stereocenters. The molecule has 1 amide bonds. The number of rotatable bonds is 8. The Kier molecular flexibility index (Phi) is 8.78. The number of methoxy groups -OCH3 is 1. The van der Waals surface area contributed by atoms with Gasteiger partial charge < -0.3 is 26.0 Å². The number of carbonyl (C=O) groups is 1. The van der Waals surface area contributed by atoms with E-state index in [0.29, 0.717) is 17.3 Å². The first kappa shape index (κ1) is 28.7. The lowest BCUT2D eigenvalue weighted by Crippen LogP contribution is -2.32. The third-order valence-electron chi connectivity index (χ3n) is 6.13. The summed E-state index contributed by atoms with van der Waals surface area (Å²) >= 11 is 6.34. The van der Waals surface area contributed by atoms with E-state index in [9.17, 15) is 18.0 Å². The summed E-state index contributed by atoms with van der Waals surface area (Å²) in [5.41, 5.74) is 6.33. The topological polar surface area (TPSA) is 118 Å². The van der Waals surface area contributed by atoms with E-state index >= 15 is 0 Å². The van der Waals surface area contributed by atoms with Crippen LogP contribution in [-0.4, -0.2) is 41.9 Å². The molecule has 0 radical (unpaired) electrons. The second-order valence-electron chi connectivity index (χ2n) is 8.86. The molecule has 0 spiro atoms. The average Bonchev–Trinajstić information content (AvgIpc) is 2.94. The summed E-state index contributed by atoms with van der Waals surface area (Å²) < 4.78 is 44.9. The molecule has 1 saturated heterocycles. The predicted octanol–water partition coefficient (Wildman–Crippen LogP) is 5.99. The molecule has 0 unspecified atom stereocenters. The second kappa shape index (κ2) is 12.2. The van der Waals surface area contributed by atoms with Crippen molar-refractivity contribution in [2.75, 3.05) is 35.7 Å². The van der Waals surface area contributed by atoms with Crippen molar-refractivity contribution in [2.24, 2.45) is 10.7 Å². The summed E-state index contributed by atoms with van der Waals surface area (Å²) in [6.45, 7) is 5.32. The van der Waals surface area contributed by atoms with Crippen molar-refractivity contribution in [3.8, 4) is 5.75 Å². The van der Waals surface area contributed by atoms with Gasteiger partial charge in [0.2, 0.25) is 5.95 Å². The Balaban J connectivity index is 1.63. The van der Waals surface area contributed by atoms with Crippen molar-refractivity contribution in [1.29, 1.82) is 0 Å². The minimum atomic E-state index is -4.67.